The molecule has 4 rings (SSSR count). The molecule has 0 aliphatic carbocycles. The van der Waals surface area contributed by atoms with Gasteiger partial charge in [-0.3, -0.25) is 9.59 Å². The van der Waals surface area contributed by atoms with Crippen LogP contribution in [-0.2, 0) is 4.79 Å². The van der Waals surface area contributed by atoms with E-state index < -0.39 is 5.82 Å². The number of nitrogens with one attached hydrogen (secondary N) is 2. The highest BCUT2D eigenvalue weighted by atomic mass is 19.1. The molecule has 1 atom stereocenters. The normalized spacial score (nSPS) is 14.9. The number of imidazole rings is 1. The van der Waals surface area contributed by atoms with Crippen LogP contribution in [0.4, 0.5) is 4.39 Å². The predicted molar refractivity (Wildman–Crippen MR) is 124 cm³/mol. The summed E-state index contributed by atoms with van der Waals surface area (Å²) in [5.41, 5.74) is 0.753. The van der Waals surface area contributed by atoms with Crippen molar-refractivity contribution in [1.82, 2.24) is 30.2 Å². The molecule has 3 aromatic heterocycles. The number of nitrogens with zero attached hydrogens (tertiary/aromatic N) is 4. The maximum Gasteiger partial charge on any atom is 0.263 e. The molecule has 3 aromatic rings. The number of unbranched alkanes of at least 4 members (excludes halogenated alkanes) is 2. The van der Waals surface area contributed by atoms with Crippen molar-refractivity contribution < 1.29 is 23.1 Å². The Hall–Kier alpha value is -3.60. The quantitative estimate of drug-likeness (QED) is 0.297. The molecule has 0 spiro atoms. The van der Waals surface area contributed by atoms with Gasteiger partial charge in [-0.1, -0.05) is 12.8 Å². The number of rotatable bonds is 12. The highest BCUT2D eigenvalue weighted by molar-refractivity contribution is 5.91. The molecule has 0 aromatic carbocycles. The summed E-state index contributed by atoms with van der Waals surface area (Å²) in [4.78, 5) is 42.2. The number of ketones is 1. The Labute approximate surface area is 202 Å². The molecule has 0 radical (unpaired) electrons. The summed E-state index contributed by atoms with van der Waals surface area (Å²) in [5, 5.41) is 3.10. The molecule has 2 N–H and O–H groups in total. The van der Waals surface area contributed by atoms with Gasteiger partial charge in [0.05, 0.1) is 43.4 Å². The lowest BCUT2D eigenvalue weighted by Crippen LogP contribution is -2.52. The minimum atomic E-state index is -0.505. The van der Waals surface area contributed by atoms with E-state index >= 15 is 0 Å². The van der Waals surface area contributed by atoms with Gasteiger partial charge in [-0.2, -0.15) is 0 Å². The zero-order valence-corrected chi connectivity index (χ0v) is 19.8. The number of halogens is 1. The number of aromatic nitrogens is 4. The molecular weight excluding hydrogens is 455 g/mol. The van der Waals surface area contributed by atoms with Gasteiger partial charge in [-0.15, -0.1) is 0 Å². The fraction of sp³-hybridized carbons (Fsp3) is 0.458. The third-order valence-corrected chi connectivity index (χ3v) is 6.07. The summed E-state index contributed by atoms with van der Waals surface area (Å²) >= 11 is 0. The van der Waals surface area contributed by atoms with E-state index in [-0.39, 0.29) is 41.0 Å². The fourth-order valence-electron chi connectivity index (χ4n) is 4.10. The molecule has 1 fully saturated rings. The largest absolute Gasteiger partial charge is 0.481 e. The van der Waals surface area contributed by atoms with Crippen LogP contribution in [0.25, 0.3) is 11.3 Å². The molecule has 35 heavy (non-hydrogen) atoms. The number of hydrogen-bond acceptors (Lipinski definition) is 8. The van der Waals surface area contributed by atoms with Gasteiger partial charge in [0.2, 0.25) is 17.6 Å². The van der Waals surface area contributed by atoms with Gasteiger partial charge >= 0.3 is 0 Å². The highest BCUT2D eigenvalue weighted by Crippen LogP contribution is 2.27. The van der Waals surface area contributed by atoms with Crippen LogP contribution >= 0.6 is 0 Å². The smallest absolute Gasteiger partial charge is 0.263 e. The molecule has 0 bridgehead atoms. The average Bonchev–Trinajstić information content (AvgIpc) is 3.54. The number of methoxy groups -OCH3 is 1. The number of pyridine rings is 1. The first-order valence-corrected chi connectivity index (χ1v) is 11.6. The first kappa shape index (κ1) is 24.5. The molecule has 1 amide bonds. The summed E-state index contributed by atoms with van der Waals surface area (Å²) in [7, 11) is 3.43. The third-order valence-electron chi connectivity index (χ3n) is 6.07. The summed E-state index contributed by atoms with van der Waals surface area (Å²) in [5.74, 6) is 0.250. The van der Waals surface area contributed by atoms with Gasteiger partial charge in [0, 0.05) is 31.1 Å². The number of amides is 1. The SMILES string of the molecule is COc1cc(-c2cnc(C(CCCCCC(=O)c3ncco3)NC(=O)C3CN(C)C3)[nH]2)c(F)cn1. The van der Waals surface area contributed by atoms with E-state index in [0.717, 1.165) is 19.0 Å². The van der Waals surface area contributed by atoms with Crippen LogP contribution in [0.3, 0.4) is 0 Å². The molecule has 10 nitrogen and oxygen atoms in total. The van der Waals surface area contributed by atoms with E-state index in [4.69, 9.17) is 9.15 Å². The van der Waals surface area contributed by atoms with Crippen LogP contribution < -0.4 is 10.1 Å². The number of ether oxygens (including phenoxy) is 1. The van der Waals surface area contributed by atoms with Crippen molar-refractivity contribution in [2.45, 2.75) is 38.1 Å². The van der Waals surface area contributed by atoms with Crippen molar-refractivity contribution in [3.63, 3.8) is 0 Å². The lowest BCUT2D eigenvalue weighted by atomic mass is 9.98. The average molecular weight is 485 g/mol. The second kappa shape index (κ2) is 11.2. The minimum absolute atomic E-state index is 0.0260. The van der Waals surface area contributed by atoms with Gasteiger partial charge in [-0.25, -0.2) is 19.3 Å². The number of likely N-dealkylation sites (tertiary alicyclic amines) is 1. The van der Waals surface area contributed by atoms with Crippen molar-refractivity contribution >= 4 is 11.7 Å². The van der Waals surface area contributed by atoms with Crippen molar-refractivity contribution in [1.29, 1.82) is 0 Å². The van der Waals surface area contributed by atoms with E-state index in [1.165, 1.54) is 25.6 Å². The monoisotopic (exact) mass is 484 g/mol. The predicted octanol–water partition coefficient (Wildman–Crippen LogP) is 3.16. The van der Waals surface area contributed by atoms with Crippen LogP contribution in [-0.4, -0.2) is 63.8 Å². The van der Waals surface area contributed by atoms with Crippen molar-refractivity contribution in [3.8, 4) is 17.1 Å². The van der Waals surface area contributed by atoms with E-state index in [1.54, 1.807) is 6.20 Å². The van der Waals surface area contributed by atoms with Crippen molar-refractivity contribution in [2.75, 3.05) is 27.2 Å². The molecule has 4 heterocycles. The second-order valence-corrected chi connectivity index (χ2v) is 8.73. The molecular formula is C24H29FN6O4. The van der Waals surface area contributed by atoms with Gasteiger partial charge < -0.3 is 24.4 Å². The Morgan fingerprint density at radius 3 is 2.80 bits per heavy atom. The first-order chi connectivity index (χ1) is 16.9. The lowest BCUT2D eigenvalue weighted by Gasteiger charge is -2.35. The van der Waals surface area contributed by atoms with E-state index in [0.29, 0.717) is 43.9 Å². The number of hydrogen-bond donors (Lipinski definition) is 2. The van der Waals surface area contributed by atoms with E-state index in [2.05, 4.69) is 30.2 Å². The molecule has 1 aliphatic rings. The maximum atomic E-state index is 14.4. The maximum absolute atomic E-state index is 14.4. The Bertz CT molecular complexity index is 1140. The molecule has 186 valence electrons. The summed E-state index contributed by atoms with van der Waals surface area (Å²) in [6, 6.07) is 1.13. The number of carbonyl (C=O) groups is 2. The second-order valence-electron chi connectivity index (χ2n) is 8.73. The van der Waals surface area contributed by atoms with Crippen LogP contribution in [0.5, 0.6) is 5.88 Å². The summed E-state index contributed by atoms with van der Waals surface area (Å²) in [6.07, 6.45) is 8.67. The van der Waals surface area contributed by atoms with Crippen molar-refractivity contribution in [2.24, 2.45) is 5.92 Å². The highest BCUT2D eigenvalue weighted by Gasteiger charge is 2.32. The Balaban J connectivity index is 1.40. The lowest BCUT2D eigenvalue weighted by molar-refractivity contribution is -0.130. The van der Waals surface area contributed by atoms with Crippen molar-refractivity contribution in [3.05, 3.63) is 48.5 Å². The van der Waals surface area contributed by atoms with Gasteiger partial charge in [0.1, 0.15) is 12.1 Å². The van der Waals surface area contributed by atoms with E-state index in [9.17, 15) is 14.0 Å². The number of aromatic amines is 1. The first-order valence-electron chi connectivity index (χ1n) is 11.6. The standard InChI is InChI=1S/C24H29FN6O4/c1-31-13-15(14-31)23(33)30-18(6-4-3-5-7-20(32)24-26-8-9-35-24)22-28-12-19(29-22)16-10-21(34-2)27-11-17(16)25/h8-12,15,18H,3-7,13-14H2,1-2H3,(H,28,29)(H,30,33). The number of carbonyl (C=O) groups excluding carboxylic acids is 2. The fourth-order valence-corrected chi connectivity index (χ4v) is 4.10. The van der Waals surface area contributed by atoms with Crippen LogP contribution in [0.15, 0.2) is 35.3 Å². The van der Waals surface area contributed by atoms with Gasteiger partial charge in [0.15, 0.2) is 5.82 Å². The minimum Gasteiger partial charge on any atom is -0.481 e. The Morgan fingerprint density at radius 1 is 1.26 bits per heavy atom. The topological polar surface area (TPSA) is 126 Å². The summed E-state index contributed by atoms with van der Waals surface area (Å²) < 4.78 is 24.5. The van der Waals surface area contributed by atoms with Gasteiger partial charge in [0.25, 0.3) is 5.89 Å². The Morgan fingerprint density at radius 2 is 2.09 bits per heavy atom. The zero-order chi connectivity index (χ0) is 24.8. The zero-order valence-electron chi connectivity index (χ0n) is 19.8. The Kier molecular flexibility index (Phi) is 7.86. The number of Topliss-reactive ketones (excluding diaryl/α,β-unsaturated/α-hetero) is 1. The molecule has 0 saturated carbocycles. The molecule has 1 unspecified atom stereocenters. The van der Waals surface area contributed by atoms with E-state index in [1.807, 2.05) is 7.05 Å². The molecule has 11 heteroatoms. The van der Waals surface area contributed by atoms with Crippen LogP contribution in [0.1, 0.15) is 54.7 Å². The summed E-state index contributed by atoms with van der Waals surface area (Å²) in [6.45, 7) is 1.43. The van der Waals surface area contributed by atoms with Crippen LogP contribution in [0.2, 0.25) is 0 Å². The molecule has 1 saturated heterocycles. The third kappa shape index (κ3) is 6.10. The van der Waals surface area contributed by atoms with Gasteiger partial charge in [-0.05, 0) is 19.9 Å². The molecule has 1 aliphatic heterocycles. The number of oxazole rings is 1. The number of H-pyrrole nitrogens is 1. The van der Waals surface area contributed by atoms with Crippen LogP contribution in [0, 0.1) is 11.7 Å².